The second-order valence-electron chi connectivity index (χ2n) is 4.54. The summed E-state index contributed by atoms with van der Waals surface area (Å²) in [4.78, 5) is 35.5. The maximum atomic E-state index is 12.8. The van der Waals surface area contributed by atoms with E-state index in [-0.39, 0.29) is 6.54 Å². The Morgan fingerprint density at radius 2 is 1.83 bits per heavy atom. The van der Waals surface area contributed by atoms with Gasteiger partial charge in [-0.2, -0.15) is 13.2 Å². The van der Waals surface area contributed by atoms with E-state index in [2.05, 4.69) is 10.1 Å². The lowest BCUT2D eigenvalue weighted by atomic mass is 10.1. The topological polar surface area (TPSA) is 75.7 Å². The van der Waals surface area contributed by atoms with Gasteiger partial charge in [0.15, 0.2) is 6.61 Å². The number of halogens is 3. The highest BCUT2D eigenvalue weighted by Gasteiger charge is 2.35. The van der Waals surface area contributed by atoms with E-state index in [4.69, 9.17) is 0 Å². The second-order valence-corrected chi connectivity index (χ2v) is 4.54. The van der Waals surface area contributed by atoms with Crippen molar-refractivity contribution < 1.29 is 32.3 Å². The van der Waals surface area contributed by atoms with Crippen molar-refractivity contribution in [1.82, 2.24) is 10.2 Å². The van der Waals surface area contributed by atoms with Crippen molar-refractivity contribution in [3.63, 3.8) is 0 Å². The largest absolute Gasteiger partial charge is 0.452 e. The molecule has 0 spiro atoms. The molecule has 0 heterocycles. The summed E-state index contributed by atoms with van der Waals surface area (Å²) >= 11 is 0. The Morgan fingerprint density at radius 3 is 2.39 bits per heavy atom. The number of benzene rings is 1. The molecule has 0 atom stereocenters. The molecule has 1 aromatic carbocycles. The van der Waals surface area contributed by atoms with Gasteiger partial charge < -0.3 is 15.0 Å². The highest BCUT2D eigenvalue weighted by Crippen LogP contribution is 2.32. The van der Waals surface area contributed by atoms with Crippen LogP contribution in [0.1, 0.15) is 15.9 Å². The number of carbonyl (C=O) groups is 3. The Kier molecular flexibility index (Phi) is 6.11. The number of hydrogen-bond acceptors (Lipinski definition) is 4. The van der Waals surface area contributed by atoms with Crippen molar-refractivity contribution in [3.05, 3.63) is 35.4 Å². The van der Waals surface area contributed by atoms with Crippen LogP contribution >= 0.6 is 0 Å². The van der Waals surface area contributed by atoms with Crippen LogP contribution in [0.25, 0.3) is 0 Å². The van der Waals surface area contributed by atoms with E-state index in [1.165, 1.54) is 20.2 Å². The summed E-state index contributed by atoms with van der Waals surface area (Å²) in [6, 6.07) is 4.10. The number of alkyl halides is 3. The lowest BCUT2D eigenvalue weighted by molar-refractivity contribution is -0.138. The minimum atomic E-state index is -4.71. The average molecular weight is 332 g/mol. The number of amides is 2. The van der Waals surface area contributed by atoms with Crippen molar-refractivity contribution in [2.75, 3.05) is 27.2 Å². The summed E-state index contributed by atoms with van der Waals surface area (Å²) in [5.74, 6) is -2.42. The fourth-order valence-corrected chi connectivity index (χ4v) is 1.61. The van der Waals surface area contributed by atoms with E-state index >= 15 is 0 Å². The second kappa shape index (κ2) is 7.61. The van der Waals surface area contributed by atoms with Crippen molar-refractivity contribution >= 4 is 17.8 Å². The lowest BCUT2D eigenvalue weighted by Gasteiger charge is -2.16. The van der Waals surface area contributed by atoms with Crippen LogP contribution in [-0.4, -0.2) is 49.9 Å². The molecule has 0 fully saturated rings. The van der Waals surface area contributed by atoms with Gasteiger partial charge in [0.05, 0.1) is 17.7 Å². The summed E-state index contributed by atoms with van der Waals surface area (Å²) < 4.78 is 43.0. The standard InChI is InChI=1S/C14H15F3N2O4/c1-18-11(20)7-19(2)12(21)8-23-13(22)9-5-3-4-6-10(9)14(15,16)17/h3-6H,7-8H2,1-2H3,(H,18,20). The van der Waals surface area contributed by atoms with Gasteiger partial charge in [0.1, 0.15) is 0 Å². The molecule has 0 radical (unpaired) electrons. The van der Waals surface area contributed by atoms with Crippen LogP contribution < -0.4 is 5.32 Å². The van der Waals surface area contributed by atoms with E-state index < -0.39 is 41.7 Å². The predicted octanol–water partition coefficient (Wildman–Crippen LogP) is 1.07. The molecule has 6 nitrogen and oxygen atoms in total. The van der Waals surface area contributed by atoms with Gasteiger partial charge in [0.25, 0.3) is 5.91 Å². The van der Waals surface area contributed by atoms with Gasteiger partial charge in [-0.15, -0.1) is 0 Å². The van der Waals surface area contributed by atoms with Gasteiger partial charge in [-0.3, -0.25) is 9.59 Å². The minimum absolute atomic E-state index is 0.258. The van der Waals surface area contributed by atoms with E-state index in [1.54, 1.807) is 0 Å². The predicted molar refractivity (Wildman–Crippen MR) is 73.4 cm³/mol. The third kappa shape index (κ3) is 5.28. The van der Waals surface area contributed by atoms with E-state index in [0.29, 0.717) is 0 Å². The fourth-order valence-electron chi connectivity index (χ4n) is 1.61. The van der Waals surface area contributed by atoms with E-state index in [1.807, 2.05) is 0 Å². The maximum Gasteiger partial charge on any atom is 0.417 e. The van der Waals surface area contributed by atoms with Crippen molar-refractivity contribution in [2.45, 2.75) is 6.18 Å². The van der Waals surface area contributed by atoms with Crippen LogP contribution in [0.5, 0.6) is 0 Å². The smallest absolute Gasteiger partial charge is 0.417 e. The summed E-state index contributed by atoms with van der Waals surface area (Å²) in [5.41, 5.74) is -1.82. The highest BCUT2D eigenvalue weighted by molar-refractivity contribution is 5.93. The third-order valence-corrected chi connectivity index (χ3v) is 2.86. The number of likely N-dealkylation sites (N-methyl/N-ethyl adjacent to an activating group) is 2. The van der Waals surface area contributed by atoms with Gasteiger partial charge in [-0.05, 0) is 12.1 Å². The van der Waals surface area contributed by atoms with Crippen molar-refractivity contribution in [2.24, 2.45) is 0 Å². The number of rotatable bonds is 5. The number of ether oxygens (including phenoxy) is 1. The molecule has 0 aliphatic heterocycles. The number of hydrogen-bond donors (Lipinski definition) is 1. The number of nitrogens with zero attached hydrogens (tertiary/aromatic N) is 1. The molecule has 0 bridgehead atoms. The summed E-state index contributed by atoms with van der Waals surface area (Å²) in [6.45, 7) is -1.02. The van der Waals surface area contributed by atoms with Crippen LogP contribution in [0.4, 0.5) is 13.2 Å². The normalized spacial score (nSPS) is 10.8. The zero-order chi connectivity index (χ0) is 17.6. The molecule has 2 amide bonds. The van der Waals surface area contributed by atoms with E-state index in [9.17, 15) is 27.6 Å². The monoisotopic (exact) mass is 332 g/mol. The molecule has 0 unspecified atom stereocenters. The first-order valence-corrected chi connectivity index (χ1v) is 6.44. The molecular formula is C14H15F3N2O4. The summed E-state index contributed by atoms with van der Waals surface area (Å²) in [7, 11) is 2.68. The molecule has 9 heteroatoms. The Labute approximate surface area is 130 Å². The van der Waals surface area contributed by atoms with Gasteiger partial charge in [0.2, 0.25) is 5.91 Å². The molecule has 1 N–H and O–H groups in total. The van der Waals surface area contributed by atoms with Crippen LogP contribution in [0.3, 0.4) is 0 Å². The summed E-state index contributed by atoms with van der Waals surface area (Å²) in [5, 5.41) is 2.30. The first-order chi connectivity index (χ1) is 10.7. The van der Waals surface area contributed by atoms with Crippen LogP contribution in [0.2, 0.25) is 0 Å². The van der Waals surface area contributed by atoms with Crippen LogP contribution in [0.15, 0.2) is 24.3 Å². The van der Waals surface area contributed by atoms with Crippen LogP contribution in [-0.2, 0) is 20.5 Å². The molecule has 0 saturated heterocycles. The molecule has 0 saturated carbocycles. The Morgan fingerprint density at radius 1 is 1.22 bits per heavy atom. The van der Waals surface area contributed by atoms with Gasteiger partial charge in [-0.1, -0.05) is 12.1 Å². The van der Waals surface area contributed by atoms with Crippen LogP contribution in [0, 0.1) is 0 Å². The Balaban J connectivity index is 2.71. The van der Waals surface area contributed by atoms with Gasteiger partial charge in [-0.25, -0.2) is 4.79 Å². The van der Waals surface area contributed by atoms with Gasteiger partial charge >= 0.3 is 12.1 Å². The zero-order valence-corrected chi connectivity index (χ0v) is 12.4. The van der Waals surface area contributed by atoms with Gasteiger partial charge in [0, 0.05) is 14.1 Å². The molecule has 23 heavy (non-hydrogen) atoms. The highest BCUT2D eigenvalue weighted by atomic mass is 19.4. The minimum Gasteiger partial charge on any atom is -0.452 e. The Bertz CT molecular complexity index is 602. The first-order valence-electron chi connectivity index (χ1n) is 6.44. The molecule has 0 aliphatic rings. The molecule has 126 valence electrons. The molecule has 0 aromatic heterocycles. The third-order valence-electron chi connectivity index (χ3n) is 2.86. The molecular weight excluding hydrogens is 317 g/mol. The number of carbonyl (C=O) groups excluding carboxylic acids is 3. The first kappa shape index (κ1) is 18.5. The Hall–Kier alpha value is -2.58. The average Bonchev–Trinajstić information content (AvgIpc) is 2.51. The van der Waals surface area contributed by atoms with E-state index in [0.717, 1.165) is 23.1 Å². The molecule has 1 aromatic rings. The van der Waals surface area contributed by atoms with Crippen molar-refractivity contribution in [1.29, 1.82) is 0 Å². The summed E-state index contributed by atoms with van der Waals surface area (Å²) in [6.07, 6.45) is -4.71. The quantitative estimate of drug-likeness (QED) is 0.819. The zero-order valence-electron chi connectivity index (χ0n) is 12.4. The number of nitrogens with one attached hydrogen (secondary N) is 1. The maximum absolute atomic E-state index is 12.8. The fraction of sp³-hybridized carbons (Fsp3) is 0.357. The SMILES string of the molecule is CNC(=O)CN(C)C(=O)COC(=O)c1ccccc1C(F)(F)F. The van der Waals surface area contributed by atoms with Crippen molar-refractivity contribution in [3.8, 4) is 0 Å². The molecule has 0 aliphatic carbocycles. The molecule has 1 rings (SSSR count). The number of esters is 1. The lowest BCUT2D eigenvalue weighted by Crippen LogP contribution is -2.39.